The fraction of sp³-hybridized carbons (Fsp3) is 0.619. The molecule has 1 unspecified atom stereocenters. The summed E-state index contributed by atoms with van der Waals surface area (Å²) in [6.45, 7) is 10.3. The first kappa shape index (κ1) is 21.2. The Morgan fingerprint density at radius 2 is 2.04 bits per heavy atom. The summed E-state index contributed by atoms with van der Waals surface area (Å²) in [6, 6.07) is 11.0. The smallest absolute Gasteiger partial charge is 0.227 e. The molecule has 0 aromatic heterocycles. The van der Waals surface area contributed by atoms with E-state index in [1.165, 1.54) is 12.0 Å². The van der Waals surface area contributed by atoms with Crippen LogP contribution in [0.2, 0.25) is 0 Å². The third-order valence-electron chi connectivity index (χ3n) is 4.91. The van der Waals surface area contributed by atoms with Crippen molar-refractivity contribution < 1.29 is 4.79 Å². The van der Waals surface area contributed by atoms with Gasteiger partial charge >= 0.3 is 0 Å². The van der Waals surface area contributed by atoms with Crippen molar-refractivity contribution in [2.75, 3.05) is 33.2 Å². The molecular formula is C21H35N5O. The van der Waals surface area contributed by atoms with E-state index in [2.05, 4.69) is 63.1 Å². The third kappa shape index (κ3) is 6.86. The molecule has 1 heterocycles. The van der Waals surface area contributed by atoms with Crippen LogP contribution in [0.25, 0.3) is 0 Å². The Hall–Kier alpha value is -2.08. The summed E-state index contributed by atoms with van der Waals surface area (Å²) in [5, 5.41) is 9.60. The van der Waals surface area contributed by atoms with Crippen LogP contribution in [0, 0.1) is 5.41 Å². The second-order valence-corrected chi connectivity index (χ2v) is 7.86. The molecular weight excluding hydrogens is 338 g/mol. The van der Waals surface area contributed by atoms with Crippen LogP contribution in [0.1, 0.15) is 39.2 Å². The van der Waals surface area contributed by atoms with Crippen molar-refractivity contribution >= 4 is 11.9 Å². The standard InChI is InChI=1S/C21H35N5O/c1-5-23-20(24-16-21(2,3)19(27)22-4)25-18-12-9-13-26(15-18)14-17-10-7-6-8-11-17/h6-8,10-11,18H,5,9,12-16H2,1-4H3,(H,22,27)(H2,23,24,25). The van der Waals surface area contributed by atoms with E-state index in [9.17, 15) is 4.79 Å². The molecule has 6 nitrogen and oxygen atoms in total. The van der Waals surface area contributed by atoms with Crippen molar-refractivity contribution in [3.63, 3.8) is 0 Å². The maximum Gasteiger partial charge on any atom is 0.227 e. The van der Waals surface area contributed by atoms with Crippen molar-refractivity contribution in [2.24, 2.45) is 10.4 Å². The van der Waals surface area contributed by atoms with Gasteiger partial charge in [0.05, 0.1) is 12.0 Å². The normalized spacial score (nSPS) is 18.8. The molecule has 2 rings (SSSR count). The highest BCUT2D eigenvalue weighted by Gasteiger charge is 2.27. The number of carbonyl (C=O) groups is 1. The highest BCUT2D eigenvalue weighted by atomic mass is 16.2. The van der Waals surface area contributed by atoms with E-state index in [0.29, 0.717) is 12.6 Å². The van der Waals surface area contributed by atoms with Crippen molar-refractivity contribution in [1.29, 1.82) is 0 Å². The number of carbonyl (C=O) groups excluding carboxylic acids is 1. The molecule has 150 valence electrons. The number of guanidine groups is 1. The van der Waals surface area contributed by atoms with Gasteiger partial charge in [-0.3, -0.25) is 14.7 Å². The SMILES string of the molecule is CCNC(=NCC(C)(C)C(=O)NC)NC1CCCN(Cc2ccccc2)C1. The second kappa shape index (κ2) is 10.3. The molecule has 0 radical (unpaired) electrons. The number of nitrogens with one attached hydrogen (secondary N) is 3. The summed E-state index contributed by atoms with van der Waals surface area (Å²) < 4.78 is 0. The zero-order valence-electron chi connectivity index (χ0n) is 17.2. The van der Waals surface area contributed by atoms with Gasteiger partial charge in [-0.05, 0) is 45.7 Å². The first-order chi connectivity index (χ1) is 12.9. The number of aliphatic imine (C=N–C) groups is 1. The zero-order chi connectivity index (χ0) is 19.7. The molecule has 1 atom stereocenters. The first-order valence-corrected chi connectivity index (χ1v) is 9.98. The number of likely N-dealkylation sites (tertiary alicyclic amines) is 1. The van der Waals surface area contributed by atoms with Gasteiger partial charge in [0.1, 0.15) is 0 Å². The molecule has 0 saturated carbocycles. The molecule has 1 aromatic carbocycles. The van der Waals surface area contributed by atoms with Crippen molar-refractivity contribution in [1.82, 2.24) is 20.9 Å². The second-order valence-electron chi connectivity index (χ2n) is 7.86. The van der Waals surface area contributed by atoms with Gasteiger partial charge in [0.15, 0.2) is 5.96 Å². The number of nitrogens with zero attached hydrogens (tertiary/aromatic N) is 2. The summed E-state index contributed by atoms with van der Waals surface area (Å²) in [5.74, 6) is 0.801. The molecule has 6 heteroatoms. The largest absolute Gasteiger partial charge is 0.359 e. The molecule has 1 saturated heterocycles. The predicted molar refractivity (Wildman–Crippen MR) is 112 cm³/mol. The number of benzene rings is 1. The Kier molecular flexibility index (Phi) is 8.10. The van der Waals surface area contributed by atoms with Crippen molar-refractivity contribution in [3.05, 3.63) is 35.9 Å². The van der Waals surface area contributed by atoms with Crippen LogP contribution in [0.15, 0.2) is 35.3 Å². The Labute approximate surface area is 163 Å². The summed E-state index contributed by atoms with van der Waals surface area (Å²) in [7, 11) is 1.67. The van der Waals surface area contributed by atoms with E-state index in [1.807, 2.05) is 13.8 Å². The molecule has 3 N–H and O–H groups in total. The van der Waals surface area contributed by atoms with Crippen LogP contribution < -0.4 is 16.0 Å². The quantitative estimate of drug-likeness (QED) is 0.505. The lowest BCUT2D eigenvalue weighted by molar-refractivity contribution is -0.128. The van der Waals surface area contributed by atoms with E-state index in [4.69, 9.17) is 0 Å². The number of piperidine rings is 1. The van der Waals surface area contributed by atoms with Gasteiger partial charge in [-0.15, -0.1) is 0 Å². The lowest BCUT2D eigenvalue weighted by Gasteiger charge is -2.34. The molecule has 1 aromatic rings. The molecule has 1 aliphatic rings. The Balaban J connectivity index is 1.94. The fourth-order valence-electron chi connectivity index (χ4n) is 3.36. The van der Waals surface area contributed by atoms with Gasteiger partial charge in [0.25, 0.3) is 0 Å². The minimum Gasteiger partial charge on any atom is -0.359 e. The molecule has 1 amide bonds. The Morgan fingerprint density at radius 3 is 2.70 bits per heavy atom. The molecule has 1 aliphatic heterocycles. The number of hydrogen-bond donors (Lipinski definition) is 3. The van der Waals surface area contributed by atoms with Crippen molar-refractivity contribution in [3.8, 4) is 0 Å². The maximum atomic E-state index is 12.0. The van der Waals surface area contributed by atoms with Crippen LogP contribution in [0.3, 0.4) is 0 Å². The van der Waals surface area contributed by atoms with Gasteiger partial charge in [0, 0.05) is 32.7 Å². The summed E-state index contributed by atoms with van der Waals surface area (Å²) >= 11 is 0. The molecule has 27 heavy (non-hydrogen) atoms. The lowest BCUT2D eigenvalue weighted by atomic mass is 9.93. The summed E-state index contributed by atoms with van der Waals surface area (Å²) in [5.41, 5.74) is 0.828. The number of amides is 1. The van der Waals surface area contributed by atoms with Gasteiger partial charge in [0.2, 0.25) is 5.91 Å². The molecule has 0 aliphatic carbocycles. The van der Waals surface area contributed by atoms with E-state index < -0.39 is 5.41 Å². The maximum absolute atomic E-state index is 12.0. The summed E-state index contributed by atoms with van der Waals surface area (Å²) in [4.78, 5) is 19.1. The highest BCUT2D eigenvalue weighted by Crippen LogP contribution is 2.16. The third-order valence-corrected chi connectivity index (χ3v) is 4.91. The molecule has 0 bridgehead atoms. The summed E-state index contributed by atoms with van der Waals surface area (Å²) in [6.07, 6.45) is 2.31. The average Bonchev–Trinajstić information content (AvgIpc) is 2.67. The van der Waals surface area contributed by atoms with Gasteiger partial charge in [-0.25, -0.2) is 0 Å². The number of hydrogen-bond acceptors (Lipinski definition) is 3. The monoisotopic (exact) mass is 373 g/mol. The molecule has 1 fully saturated rings. The van der Waals surface area contributed by atoms with E-state index in [0.717, 1.165) is 38.6 Å². The van der Waals surface area contributed by atoms with Crippen LogP contribution in [-0.4, -0.2) is 56.0 Å². The minimum atomic E-state index is -0.525. The van der Waals surface area contributed by atoms with Crippen LogP contribution in [0.4, 0.5) is 0 Å². The Morgan fingerprint density at radius 1 is 1.30 bits per heavy atom. The number of rotatable bonds is 7. The van der Waals surface area contributed by atoms with Gasteiger partial charge in [-0.1, -0.05) is 30.3 Å². The average molecular weight is 374 g/mol. The molecule has 0 spiro atoms. The fourth-order valence-corrected chi connectivity index (χ4v) is 3.36. The van der Waals surface area contributed by atoms with E-state index in [1.54, 1.807) is 7.05 Å². The van der Waals surface area contributed by atoms with E-state index >= 15 is 0 Å². The topological polar surface area (TPSA) is 68.8 Å². The minimum absolute atomic E-state index is 0.00815. The lowest BCUT2D eigenvalue weighted by Crippen LogP contribution is -2.51. The Bertz CT molecular complexity index is 614. The predicted octanol–water partition coefficient (Wildman–Crippen LogP) is 1.98. The van der Waals surface area contributed by atoms with Crippen LogP contribution in [-0.2, 0) is 11.3 Å². The van der Waals surface area contributed by atoms with Gasteiger partial charge in [-0.2, -0.15) is 0 Å². The highest BCUT2D eigenvalue weighted by molar-refractivity contribution is 5.83. The van der Waals surface area contributed by atoms with Gasteiger partial charge < -0.3 is 16.0 Å². The van der Waals surface area contributed by atoms with Crippen LogP contribution >= 0.6 is 0 Å². The zero-order valence-corrected chi connectivity index (χ0v) is 17.2. The first-order valence-electron chi connectivity index (χ1n) is 9.98. The van der Waals surface area contributed by atoms with Crippen LogP contribution in [0.5, 0.6) is 0 Å². The van der Waals surface area contributed by atoms with Crippen molar-refractivity contribution in [2.45, 2.75) is 46.2 Å². The van der Waals surface area contributed by atoms with E-state index in [-0.39, 0.29) is 5.91 Å².